The van der Waals surface area contributed by atoms with Crippen LogP contribution in [0.5, 0.6) is 0 Å². The fourth-order valence-electron chi connectivity index (χ4n) is 3.18. The molecule has 1 fully saturated rings. The van der Waals surface area contributed by atoms with E-state index in [-0.39, 0.29) is 6.10 Å². The lowest BCUT2D eigenvalue weighted by atomic mass is 9.93. The molecule has 2 aromatic rings. The van der Waals surface area contributed by atoms with E-state index >= 15 is 0 Å². The van der Waals surface area contributed by atoms with Gasteiger partial charge in [-0.25, -0.2) is 0 Å². The zero-order valence-corrected chi connectivity index (χ0v) is 13.1. The molecule has 1 aliphatic rings. The molecule has 3 rings (SSSR count). The van der Waals surface area contributed by atoms with Crippen molar-refractivity contribution < 1.29 is 5.11 Å². The summed E-state index contributed by atoms with van der Waals surface area (Å²) in [6.45, 7) is 4.68. The number of rotatable bonds is 3. The molecule has 2 heterocycles. The first-order valence-corrected chi connectivity index (χ1v) is 7.95. The van der Waals surface area contributed by atoms with Crippen LogP contribution in [0.4, 0.5) is 0 Å². The van der Waals surface area contributed by atoms with Crippen LogP contribution >= 0.6 is 11.6 Å². The van der Waals surface area contributed by atoms with Crippen molar-refractivity contribution in [2.75, 3.05) is 13.1 Å². The molecule has 0 radical (unpaired) electrons. The van der Waals surface area contributed by atoms with Gasteiger partial charge in [0.2, 0.25) is 0 Å². The lowest BCUT2D eigenvalue weighted by Gasteiger charge is -2.34. The molecule has 0 spiro atoms. The maximum absolute atomic E-state index is 9.82. The molecule has 1 saturated heterocycles. The number of hydrogen-bond acceptors (Lipinski definition) is 3. The van der Waals surface area contributed by atoms with Gasteiger partial charge in [-0.05, 0) is 44.4 Å². The van der Waals surface area contributed by atoms with E-state index in [9.17, 15) is 5.11 Å². The Labute approximate surface area is 130 Å². The third-order valence-corrected chi connectivity index (χ3v) is 4.78. The summed E-state index contributed by atoms with van der Waals surface area (Å²) in [5.41, 5.74) is 2.09. The second kappa shape index (κ2) is 6.30. The van der Waals surface area contributed by atoms with Crippen molar-refractivity contribution in [1.29, 1.82) is 0 Å². The Balaban J connectivity index is 1.86. The minimum atomic E-state index is -0.242. The molecule has 112 valence electrons. The number of aliphatic hydroxyl groups excluding tert-OH is 1. The standard InChI is InChI=1S/C17H21ClN2O/c1-12(21)14-5-3-9-20(10-14)11-15-16(18)7-6-13-4-2-8-19-17(13)15/h2,4,6-8,12,14,21H,3,5,9-11H2,1H3. The molecular formula is C17H21ClN2O. The van der Waals surface area contributed by atoms with Crippen LogP contribution in [0, 0.1) is 5.92 Å². The van der Waals surface area contributed by atoms with Gasteiger partial charge in [0.1, 0.15) is 0 Å². The summed E-state index contributed by atoms with van der Waals surface area (Å²) in [5, 5.41) is 11.7. The minimum Gasteiger partial charge on any atom is -0.393 e. The van der Waals surface area contributed by atoms with Gasteiger partial charge in [0, 0.05) is 35.3 Å². The molecule has 4 heteroatoms. The van der Waals surface area contributed by atoms with Crippen LogP contribution in [0.25, 0.3) is 10.9 Å². The molecule has 2 atom stereocenters. The first-order valence-electron chi connectivity index (χ1n) is 7.57. The molecule has 3 nitrogen and oxygen atoms in total. The van der Waals surface area contributed by atoms with Crippen molar-refractivity contribution in [3.8, 4) is 0 Å². The number of hydrogen-bond donors (Lipinski definition) is 1. The van der Waals surface area contributed by atoms with E-state index in [1.54, 1.807) is 0 Å². The van der Waals surface area contributed by atoms with Crippen LogP contribution in [-0.4, -0.2) is 34.2 Å². The Kier molecular flexibility index (Phi) is 4.43. The van der Waals surface area contributed by atoms with Crippen molar-refractivity contribution in [3.05, 3.63) is 41.0 Å². The second-order valence-corrected chi connectivity index (χ2v) is 6.39. The SMILES string of the molecule is CC(O)C1CCCN(Cc2c(Cl)ccc3cccnc23)C1. The Morgan fingerprint density at radius 1 is 1.43 bits per heavy atom. The summed E-state index contributed by atoms with van der Waals surface area (Å²) in [6.07, 6.45) is 3.81. The van der Waals surface area contributed by atoms with Crippen molar-refractivity contribution in [2.45, 2.75) is 32.4 Å². The van der Waals surface area contributed by atoms with Gasteiger partial charge in [-0.2, -0.15) is 0 Å². The van der Waals surface area contributed by atoms with E-state index in [0.29, 0.717) is 5.92 Å². The Morgan fingerprint density at radius 3 is 3.10 bits per heavy atom. The molecule has 1 aliphatic heterocycles. The smallest absolute Gasteiger partial charge is 0.0761 e. The van der Waals surface area contributed by atoms with Crippen LogP contribution in [-0.2, 0) is 6.54 Å². The van der Waals surface area contributed by atoms with Gasteiger partial charge in [0.15, 0.2) is 0 Å². The Morgan fingerprint density at radius 2 is 2.29 bits per heavy atom. The third kappa shape index (κ3) is 3.20. The van der Waals surface area contributed by atoms with Gasteiger partial charge in [0.25, 0.3) is 0 Å². The summed E-state index contributed by atoms with van der Waals surface area (Å²) in [6, 6.07) is 7.99. The molecule has 2 unspecified atom stereocenters. The van der Waals surface area contributed by atoms with E-state index in [4.69, 9.17) is 11.6 Å². The molecule has 0 saturated carbocycles. The molecule has 0 aliphatic carbocycles. The molecular weight excluding hydrogens is 284 g/mol. The maximum Gasteiger partial charge on any atom is 0.0761 e. The normalized spacial score (nSPS) is 21.6. The van der Waals surface area contributed by atoms with Gasteiger partial charge in [-0.15, -0.1) is 0 Å². The highest BCUT2D eigenvalue weighted by molar-refractivity contribution is 6.32. The highest BCUT2D eigenvalue weighted by Crippen LogP contribution is 2.28. The van der Waals surface area contributed by atoms with Crippen LogP contribution in [0.3, 0.4) is 0 Å². The van der Waals surface area contributed by atoms with Gasteiger partial charge < -0.3 is 5.11 Å². The summed E-state index contributed by atoms with van der Waals surface area (Å²) in [4.78, 5) is 6.89. The van der Waals surface area contributed by atoms with E-state index < -0.39 is 0 Å². The second-order valence-electron chi connectivity index (χ2n) is 5.98. The molecule has 1 aromatic carbocycles. The Bertz CT molecular complexity index is 629. The number of aromatic nitrogens is 1. The number of aliphatic hydroxyl groups is 1. The Hall–Kier alpha value is -1.16. The fourth-order valence-corrected chi connectivity index (χ4v) is 3.40. The minimum absolute atomic E-state index is 0.242. The molecule has 1 N–H and O–H groups in total. The lowest BCUT2D eigenvalue weighted by Crippen LogP contribution is -2.39. The first kappa shape index (κ1) is 14.8. The van der Waals surface area contributed by atoms with Crippen molar-refractivity contribution in [3.63, 3.8) is 0 Å². The van der Waals surface area contributed by atoms with E-state index in [1.807, 2.05) is 31.3 Å². The quantitative estimate of drug-likeness (QED) is 0.943. The van der Waals surface area contributed by atoms with Crippen molar-refractivity contribution in [1.82, 2.24) is 9.88 Å². The average molecular weight is 305 g/mol. The summed E-state index contributed by atoms with van der Waals surface area (Å²) >= 11 is 6.41. The van der Waals surface area contributed by atoms with E-state index in [0.717, 1.165) is 54.0 Å². The van der Waals surface area contributed by atoms with Gasteiger partial charge in [-0.3, -0.25) is 9.88 Å². The van der Waals surface area contributed by atoms with E-state index in [1.165, 1.54) is 0 Å². The largest absolute Gasteiger partial charge is 0.393 e. The van der Waals surface area contributed by atoms with Crippen LogP contribution < -0.4 is 0 Å². The molecule has 21 heavy (non-hydrogen) atoms. The zero-order valence-electron chi connectivity index (χ0n) is 12.3. The number of nitrogens with zero attached hydrogens (tertiary/aromatic N) is 2. The number of fused-ring (bicyclic) bond motifs is 1. The van der Waals surface area contributed by atoms with E-state index in [2.05, 4.69) is 16.0 Å². The van der Waals surface area contributed by atoms with Crippen LogP contribution in [0.1, 0.15) is 25.3 Å². The number of piperidine rings is 1. The molecule has 1 aromatic heterocycles. The average Bonchev–Trinajstić information content (AvgIpc) is 2.50. The van der Waals surface area contributed by atoms with Crippen molar-refractivity contribution >= 4 is 22.5 Å². The predicted octanol–water partition coefficient (Wildman–Crippen LogP) is 3.48. The first-order chi connectivity index (χ1) is 10.1. The highest BCUT2D eigenvalue weighted by Gasteiger charge is 2.24. The topological polar surface area (TPSA) is 36.4 Å². The number of halogens is 1. The van der Waals surface area contributed by atoms with Gasteiger partial charge in [0.05, 0.1) is 11.6 Å². The maximum atomic E-state index is 9.82. The number of benzene rings is 1. The van der Waals surface area contributed by atoms with Crippen molar-refractivity contribution in [2.24, 2.45) is 5.92 Å². The zero-order chi connectivity index (χ0) is 14.8. The third-order valence-electron chi connectivity index (χ3n) is 4.43. The summed E-state index contributed by atoms with van der Waals surface area (Å²) in [7, 11) is 0. The fraction of sp³-hybridized carbons (Fsp3) is 0.471. The number of pyridine rings is 1. The highest BCUT2D eigenvalue weighted by atomic mass is 35.5. The lowest BCUT2D eigenvalue weighted by molar-refractivity contribution is 0.0600. The monoisotopic (exact) mass is 304 g/mol. The summed E-state index contributed by atoms with van der Waals surface area (Å²) < 4.78 is 0. The van der Waals surface area contributed by atoms with Gasteiger partial charge >= 0.3 is 0 Å². The number of likely N-dealkylation sites (tertiary alicyclic amines) is 1. The molecule has 0 amide bonds. The van der Waals surface area contributed by atoms with Crippen LogP contribution in [0.15, 0.2) is 30.5 Å². The predicted molar refractivity (Wildman–Crippen MR) is 86.4 cm³/mol. The van der Waals surface area contributed by atoms with Gasteiger partial charge in [-0.1, -0.05) is 23.7 Å². The molecule has 0 bridgehead atoms. The summed E-state index contributed by atoms with van der Waals surface area (Å²) in [5.74, 6) is 0.362. The van der Waals surface area contributed by atoms with Crippen LogP contribution in [0.2, 0.25) is 5.02 Å².